The second-order valence-corrected chi connectivity index (χ2v) is 5.35. The summed E-state index contributed by atoms with van der Waals surface area (Å²) in [7, 11) is 0. The van der Waals surface area contributed by atoms with Gasteiger partial charge in [-0.25, -0.2) is 0 Å². The number of aliphatic hydroxyl groups excluding tert-OH is 1. The van der Waals surface area contributed by atoms with Crippen LogP contribution in [0, 0.1) is 0 Å². The van der Waals surface area contributed by atoms with Gasteiger partial charge in [0.1, 0.15) is 18.3 Å². The molecule has 0 aromatic heterocycles. The van der Waals surface area contributed by atoms with Crippen LogP contribution >= 0.6 is 22.6 Å². The van der Waals surface area contributed by atoms with Gasteiger partial charge in [0.15, 0.2) is 5.79 Å². The van der Waals surface area contributed by atoms with Crippen LogP contribution in [-0.2, 0) is 9.47 Å². The van der Waals surface area contributed by atoms with Crippen molar-refractivity contribution in [3.8, 4) is 0 Å². The van der Waals surface area contributed by atoms with Crippen molar-refractivity contribution in [3.63, 3.8) is 0 Å². The Hall–Kier alpha value is 0.350. The number of rotatable bonds is 1. The maximum absolute atomic E-state index is 9.93. The molecular formula is C10H15IO3. The van der Waals surface area contributed by atoms with E-state index in [4.69, 9.17) is 9.47 Å². The number of aliphatic hydroxyl groups is 1. The molecule has 1 heterocycles. The summed E-state index contributed by atoms with van der Waals surface area (Å²) in [6.45, 7) is 5.86. The minimum absolute atomic E-state index is 0.0445. The topological polar surface area (TPSA) is 38.7 Å². The van der Waals surface area contributed by atoms with Gasteiger partial charge in [-0.3, -0.25) is 0 Å². The molecule has 0 aromatic rings. The Morgan fingerprint density at radius 3 is 2.64 bits per heavy atom. The normalized spacial score (nSPS) is 40.5. The van der Waals surface area contributed by atoms with E-state index >= 15 is 0 Å². The van der Waals surface area contributed by atoms with Crippen molar-refractivity contribution in [2.45, 2.75) is 51.3 Å². The molecule has 0 aromatic carbocycles. The van der Waals surface area contributed by atoms with Gasteiger partial charge in [0.2, 0.25) is 0 Å². The Balaban J connectivity index is 2.28. The van der Waals surface area contributed by atoms with Crippen LogP contribution in [0.4, 0.5) is 0 Å². The lowest BCUT2D eigenvalue weighted by atomic mass is 10.1. The van der Waals surface area contributed by atoms with Crippen LogP contribution in [0.25, 0.3) is 0 Å². The highest BCUT2D eigenvalue weighted by molar-refractivity contribution is 14.1. The second kappa shape index (κ2) is 3.43. The zero-order chi connectivity index (χ0) is 10.5. The highest BCUT2D eigenvalue weighted by Gasteiger charge is 2.51. The van der Waals surface area contributed by atoms with Crippen molar-refractivity contribution in [2.24, 2.45) is 0 Å². The summed E-state index contributed by atoms with van der Waals surface area (Å²) >= 11 is 2.19. The highest BCUT2D eigenvalue weighted by atomic mass is 127. The molecule has 1 fully saturated rings. The van der Waals surface area contributed by atoms with Gasteiger partial charge in [0, 0.05) is 3.58 Å². The van der Waals surface area contributed by atoms with E-state index in [0.717, 1.165) is 10.0 Å². The van der Waals surface area contributed by atoms with Gasteiger partial charge in [-0.15, -0.1) is 0 Å². The minimum atomic E-state index is -0.561. The highest BCUT2D eigenvalue weighted by Crippen LogP contribution is 2.44. The van der Waals surface area contributed by atoms with Gasteiger partial charge in [-0.05, 0) is 48.4 Å². The van der Waals surface area contributed by atoms with Crippen LogP contribution in [0.15, 0.2) is 9.15 Å². The minimum Gasteiger partial charge on any atom is -0.385 e. The lowest BCUT2D eigenvalue weighted by Crippen LogP contribution is -2.29. The molecule has 4 heteroatoms. The monoisotopic (exact) mass is 310 g/mol. The standard InChI is InChI=1S/C10H15IO3/c1-4-5-6(11)7(12)9-8(5)13-10(2,3)14-9/h7-9,12H,4H2,1-3H3/t7-,8+,9-/m1/s1. The molecule has 14 heavy (non-hydrogen) atoms. The van der Waals surface area contributed by atoms with E-state index in [1.165, 1.54) is 5.57 Å². The lowest BCUT2D eigenvalue weighted by Gasteiger charge is -2.20. The van der Waals surface area contributed by atoms with E-state index in [9.17, 15) is 5.11 Å². The van der Waals surface area contributed by atoms with Crippen molar-refractivity contribution in [1.82, 2.24) is 0 Å². The molecule has 1 N–H and O–H groups in total. The Morgan fingerprint density at radius 2 is 2.07 bits per heavy atom. The lowest BCUT2D eigenvalue weighted by molar-refractivity contribution is -0.153. The zero-order valence-corrected chi connectivity index (χ0v) is 10.7. The number of ether oxygens (including phenoxy) is 2. The average Bonchev–Trinajstić information content (AvgIpc) is 2.50. The van der Waals surface area contributed by atoms with Crippen LogP contribution in [0.1, 0.15) is 27.2 Å². The van der Waals surface area contributed by atoms with Crippen LogP contribution < -0.4 is 0 Å². The molecule has 2 aliphatic rings. The number of fused-ring (bicyclic) bond motifs is 1. The molecule has 80 valence electrons. The fraction of sp³-hybridized carbons (Fsp3) is 0.800. The smallest absolute Gasteiger partial charge is 0.164 e. The van der Waals surface area contributed by atoms with E-state index in [1.807, 2.05) is 13.8 Å². The third kappa shape index (κ3) is 1.52. The van der Waals surface area contributed by atoms with Gasteiger partial charge in [-0.1, -0.05) is 6.92 Å². The van der Waals surface area contributed by atoms with Crippen LogP contribution in [-0.4, -0.2) is 29.2 Å². The first-order chi connectivity index (χ1) is 6.46. The van der Waals surface area contributed by atoms with E-state index in [2.05, 4.69) is 29.5 Å². The first-order valence-electron chi connectivity index (χ1n) is 4.88. The molecule has 0 amide bonds. The fourth-order valence-electron chi connectivity index (χ4n) is 2.13. The summed E-state index contributed by atoms with van der Waals surface area (Å²) in [4.78, 5) is 0. The quantitative estimate of drug-likeness (QED) is 0.753. The van der Waals surface area contributed by atoms with Crippen LogP contribution in [0.5, 0.6) is 0 Å². The molecule has 3 atom stereocenters. The van der Waals surface area contributed by atoms with Crippen molar-refractivity contribution >= 4 is 22.6 Å². The van der Waals surface area contributed by atoms with E-state index in [0.29, 0.717) is 0 Å². The van der Waals surface area contributed by atoms with Crippen molar-refractivity contribution in [2.75, 3.05) is 0 Å². The zero-order valence-electron chi connectivity index (χ0n) is 8.58. The largest absolute Gasteiger partial charge is 0.385 e. The first-order valence-corrected chi connectivity index (χ1v) is 5.96. The molecule has 0 unspecified atom stereocenters. The van der Waals surface area contributed by atoms with Gasteiger partial charge in [0.05, 0.1) is 0 Å². The maximum atomic E-state index is 9.93. The Morgan fingerprint density at radius 1 is 1.43 bits per heavy atom. The second-order valence-electron chi connectivity index (χ2n) is 4.19. The van der Waals surface area contributed by atoms with Gasteiger partial charge in [-0.2, -0.15) is 0 Å². The molecule has 0 radical (unpaired) electrons. The van der Waals surface area contributed by atoms with Crippen molar-refractivity contribution in [1.29, 1.82) is 0 Å². The van der Waals surface area contributed by atoms with E-state index in [-0.39, 0.29) is 12.2 Å². The third-order valence-electron chi connectivity index (χ3n) is 2.73. The molecule has 2 rings (SSSR count). The van der Waals surface area contributed by atoms with Gasteiger partial charge in [0.25, 0.3) is 0 Å². The summed E-state index contributed by atoms with van der Waals surface area (Å²) in [5.74, 6) is -0.561. The number of hydrogen-bond donors (Lipinski definition) is 1. The van der Waals surface area contributed by atoms with Gasteiger partial charge < -0.3 is 14.6 Å². The Labute approximate surface area is 97.6 Å². The molecule has 0 spiro atoms. The predicted molar refractivity (Wildman–Crippen MR) is 61.2 cm³/mol. The maximum Gasteiger partial charge on any atom is 0.164 e. The molecule has 1 aliphatic carbocycles. The SMILES string of the molecule is CCC1=C(I)[C@@H](O)[C@H]2OC(C)(C)O[C@@H]12. The molecule has 0 bridgehead atoms. The third-order valence-corrected chi connectivity index (χ3v) is 4.06. The Bertz CT molecular complexity index is 285. The fourth-order valence-corrected chi connectivity index (χ4v) is 3.17. The molecule has 1 saturated heterocycles. The summed E-state index contributed by atoms with van der Waals surface area (Å²) in [5.41, 5.74) is 1.19. The van der Waals surface area contributed by atoms with Crippen LogP contribution in [0.2, 0.25) is 0 Å². The predicted octanol–water partition coefficient (Wildman–Crippen LogP) is 1.98. The van der Waals surface area contributed by atoms with E-state index in [1.54, 1.807) is 0 Å². The molecular weight excluding hydrogens is 295 g/mol. The molecule has 1 aliphatic heterocycles. The summed E-state index contributed by atoms with van der Waals surface area (Å²) in [6.07, 6.45) is 0.164. The summed E-state index contributed by atoms with van der Waals surface area (Å²) in [5, 5.41) is 9.93. The average molecular weight is 310 g/mol. The van der Waals surface area contributed by atoms with Crippen molar-refractivity contribution in [3.05, 3.63) is 9.15 Å². The van der Waals surface area contributed by atoms with Crippen molar-refractivity contribution < 1.29 is 14.6 Å². The first kappa shape index (κ1) is 10.9. The van der Waals surface area contributed by atoms with Crippen LogP contribution in [0.3, 0.4) is 0 Å². The molecule has 0 saturated carbocycles. The molecule has 3 nitrogen and oxygen atoms in total. The van der Waals surface area contributed by atoms with Gasteiger partial charge >= 0.3 is 0 Å². The Kier molecular flexibility index (Phi) is 2.66. The van der Waals surface area contributed by atoms with E-state index < -0.39 is 11.9 Å². The number of halogens is 1. The summed E-state index contributed by atoms with van der Waals surface area (Å²) < 4.78 is 12.4. The summed E-state index contributed by atoms with van der Waals surface area (Å²) in [6, 6.07) is 0. The number of hydrogen-bond acceptors (Lipinski definition) is 3.